The molecule has 0 saturated heterocycles. The molecular formula is C8H11NO3S2. The third-order valence-corrected chi connectivity index (χ3v) is 2.92. The fraction of sp³-hybridized carbons (Fsp3) is 0.250. The van der Waals surface area contributed by atoms with Gasteiger partial charge in [0.15, 0.2) is 0 Å². The van der Waals surface area contributed by atoms with Gasteiger partial charge in [-0.05, 0) is 18.4 Å². The summed E-state index contributed by atoms with van der Waals surface area (Å²) in [5.74, 6) is 0.0751. The second-order valence-electron chi connectivity index (χ2n) is 2.73. The Morgan fingerprint density at radius 2 is 2.07 bits per heavy atom. The van der Waals surface area contributed by atoms with Gasteiger partial charge in [-0.15, -0.1) is 11.8 Å². The zero-order valence-electron chi connectivity index (χ0n) is 7.81. The SMILES string of the molecule is CSc1c(O)cccc1NS(C)(=O)=O. The van der Waals surface area contributed by atoms with Gasteiger partial charge in [-0.2, -0.15) is 0 Å². The van der Waals surface area contributed by atoms with Gasteiger partial charge in [-0.1, -0.05) is 6.07 Å². The topological polar surface area (TPSA) is 66.4 Å². The maximum Gasteiger partial charge on any atom is 0.229 e. The van der Waals surface area contributed by atoms with Crippen molar-refractivity contribution in [3.8, 4) is 5.75 Å². The van der Waals surface area contributed by atoms with Crippen LogP contribution in [0.1, 0.15) is 0 Å². The summed E-state index contributed by atoms with van der Waals surface area (Å²) in [6, 6.07) is 4.70. The molecule has 0 radical (unpaired) electrons. The van der Waals surface area contributed by atoms with Gasteiger partial charge in [0.05, 0.1) is 16.8 Å². The predicted molar refractivity (Wildman–Crippen MR) is 58.4 cm³/mol. The zero-order chi connectivity index (χ0) is 10.8. The number of thioether (sulfide) groups is 1. The van der Waals surface area contributed by atoms with Crippen molar-refractivity contribution in [3.05, 3.63) is 18.2 Å². The molecule has 14 heavy (non-hydrogen) atoms. The molecule has 0 amide bonds. The summed E-state index contributed by atoms with van der Waals surface area (Å²) in [6.07, 6.45) is 2.84. The van der Waals surface area contributed by atoms with Crippen LogP contribution in [0.5, 0.6) is 5.75 Å². The fourth-order valence-corrected chi connectivity index (χ4v) is 2.27. The van der Waals surface area contributed by atoms with Crippen LogP contribution in [0.3, 0.4) is 0 Å². The van der Waals surface area contributed by atoms with Gasteiger partial charge < -0.3 is 5.11 Å². The number of sulfonamides is 1. The Bertz CT molecular complexity index is 428. The van der Waals surface area contributed by atoms with E-state index >= 15 is 0 Å². The largest absolute Gasteiger partial charge is 0.507 e. The van der Waals surface area contributed by atoms with E-state index < -0.39 is 10.0 Å². The molecule has 0 saturated carbocycles. The number of hydrogen-bond acceptors (Lipinski definition) is 4. The first-order valence-corrected chi connectivity index (χ1v) is 6.89. The van der Waals surface area contributed by atoms with Gasteiger partial charge >= 0.3 is 0 Å². The Kier molecular flexibility index (Phi) is 3.28. The minimum absolute atomic E-state index is 0.0751. The van der Waals surface area contributed by atoms with Crippen molar-refractivity contribution in [2.75, 3.05) is 17.2 Å². The summed E-state index contributed by atoms with van der Waals surface area (Å²) in [4.78, 5) is 0.526. The van der Waals surface area contributed by atoms with Crippen LogP contribution in [0.4, 0.5) is 5.69 Å². The maximum atomic E-state index is 11.0. The molecule has 1 aromatic carbocycles. The molecule has 0 atom stereocenters. The summed E-state index contributed by atoms with van der Waals surface area (Å²) in [6.45, 7) is 0. The Balaban J connectivity index is 3.15. The average molecular weight is 233 g/mol. The van der Waals surface area contributed by atoms with Crippen molar-refractivity contribution in [1.29, 1.82) is 0 Å². The lowest BCUT2D eigenvalue weighted by atomic mass is 10.3. The predicted octanol–water partition coefficient (Wildman–Crippen LogP) is 1.49. The molecule has 78 valence electrons. The summed E-state index contributed by atoms with van der Waals surface area (Å²) >= 11 is 1.29. The van der Waals surface area contributed by atoms with Crippen molar-refractivity contribution in [2.24, 2.45) is 0 Å². The summed E-state index contributed by atoms with van der Waals surface area (Å²) in [7, 11) is -3.30. The molecule has 0 aliphatic heterocycles. The van der Waals surface area contributed by atoms with Crippen molar-refractivity contribution in [1.82, 2.24) is 0 Å². The van der Waals surface area contributed by atoms with E-state index in [4.69, 9.17) is 0 Å². The van der Waals surface area contributed by atoms with Crippen LogP contribution < -0.4 is 4.72 Å². The molecule has 0 spiro atoms. The summed E-state index contributed by atoms with van der Waals surface area (Å²) in [5.41, 5.74) is 0.403. The van der Waals surface area contributed by atoms with Crippen molar-refractivity contribution in [2.45, 2.75) is 4.90 Å². The summed E-state index contributed by atoms with van der Waals surface area (Å²) in [5, 5.41) is 9.43. The van der Waals surface area contributed by atoms with Gasteiger partial charge in [-0.25, -0.2) is 8.42 Å². The fourth-order valence-electron chi connectivity index (χ4n) is 1.02. The number of hydrogen-bond donors (Lipinski definition) is 2. The van der Waals surface area contributed by atoms with Crippen LogP contribution in [0.25, 0.3) is 0 Å². The number of rotatable bonds is 3. The molecule has 0 fully saturated rings. The van der Waals surface area contributed by atoms with Crippen molar-refractivity contribution in [3.63, 3.8) is 0 Å². The second-order valence-corrected chi connectivity index (χ2v) is 5.30. The van der Waals surface area contributed by atoms with Crippen molar-refractivity contribution < 1.29 is 13.5 Å². The first-order valence-electron chi connectivity index (χ1n) is 3.78. The maximum absolute atomic E-state index is 11.0. The quantitative estimate of drug-likeness (QED) is 0.776. The number of nitrogens with one attached hydrogen (secondary N) is 1. The molecule has 1 aromatic rings. The zero-order valence-corrected chi connectivity index (χ0v) is 9.45. The normalized spacial score (nSPS) is 11.3. The molecular weight excluding hydrogens is 222 g/mol. The minimum atomic E-state index is -3.30. The monoisotopic (exact) mass is 233 g/mol. The van der Waals surface area contributed by atoms with Crippen LogP contribution in [-0.4, -0.2) is 26.0 Å². The first-order chi connectivity index (χ1) is 6.44. The first kappa shape index (κ1) is 11.2. The van der Waals surface area contributed by atoms with Crippen LogP contribution >= 0.6 is 11.8 Å². The lowest BCUT2D eigenvalue weighted by Gasteiger charge is -2.09. The highest BCUT2D eigenvalue weighted by Crippen LogP contribution is 2.33. The van der Waals surface area contributed by atoms with Crippen LogP contribution in [0, 0.1) is 0 Å². The van der Waals surface area contributed by atoms with E-state index in [9.17, 15) is 13.5 Å². The highest BCUT2D eigenvalue weighted by atomic mass is 32.2. The standard InChI is InChI=1S/C8H11NO3S2/c1-13-8-6(9-14(2,11)12)4-3-5-7(8)10/h3-5,9-10H,1-2H3. The Morgan fingerprint density at radius 3 is 2.57 bits per heavy atom. The van der Waals surface area contributed by atoms with Gasteiger partial charge in [-0.3, -0.25) is 4.72 Å². The molecule has 2 N–H and O–H groups in total. The van der Waals surface area contributed by atoms with E-state index in [1.54, 1.807) is 18.4 Å². The lowest BCUT2D eigenvalue weighted by Crippen LogP contribution is -2.10. The number of anilines is 1. The van der Waals surface area contributed by atoms with Gasteiger partial charge in [0, 0.05) is 0 Å². The van der Waals surface area contributed by atoms with Gasteiger partial charge in [0.25, 0.3) is 0 Å². The molecule has 0 aromatic heterocycles. The van der Waals surface area contributed by atoms with Gasteiger partial charge in [0.2, 0.25) is 10.0 Å². The Hall–Kier alpha value is -0.880. The third-order valence-electron chi connectivity index (χ3n) is 1.49. The molecule has 0 heterocycles. The third kappa shape index (κ3) is 2.81. The van der Waals surface area contributed by atoms with Crippen LogP contribution in [-0.2, 0) is 10.0 Å². The highest BCUT2D eigenvalue weighted by Gasteiger charge is 2.09. The second kappa shape index (κ2) is 4.10. The van der Waals surface area contributed by atoms with Crippen molar-refractivity contribution >= 4 is 27.5 Å². The molecule has 1 rings (SSSR count). The molecule has 4 nitrogen and oxygen atoms in total. The van der Waals surface area contributed by atoms with E-state index in [0.29, 0.717) is 10.6 Å². The van der Waals surface area contributed by atoms with E-state index in [-0.39, 0.29) is 5.75 Å². The number of benzene rings is 1. The minimum Gasteiger partial charge on any atom is -0.507 e. The number of aromatic hydroxyl groups is 1. The number of phenolic OH excluding ortho intramolecular Hbond substituents is 1. The molecule has 0 bridgehead atoms. The van der Waals surface area contributed by atoms with E-state index in [2.05, 4.69) is 4.72 Å². The van der Waals surface area contributed by atoms with E-state index in [1.165, 1.54) is 17.8 Å². The Morgan fingerprint density at radius 1 is 1.43 bits per heavy atom. The van der Waals surface area contributed by atoms with Crippen LogP contribution in [0.15, 0.2) is 23.1 Å². The summed E-state index contributed by atoms with van der Waals surface area (Å²) < 4.78 is 24.3. The molecule has 0 aliphatic rings. The van der Waals surface area contributed by atoms with Crippen LogP contribution in [0.2, 0.25) is 0 Å². The smallest absolute Gasteiger partial charge is 0.229 e. The van der Waals surface area contributed by atoms with Gasteiger partial charge in [0.1, 0.15) is 5.75 Å². The van der Waals surface area contributed by atoms with E-state index in [0.717, 1.165) is 6.26 Å². The number of phenols is 1. The molecule has 0 aliphatic carbocycles. The average Bonchev–Trinajstić information content (AvgIpc) is 2.01. The highest BCUT2D eigenvalue weighted by molar-refractivity contribution is 7.99. The molecule has 6 heteroatoms. The van der Waals surface area contributed by atoms with E-state index in [1.807, 2.05) is 0 Å². The Labute approximate surface area is 87.4 Å². The molecule has 0 unspecified atom stereocenters. The lowest BCUT2D eigenvalue weighted by molar-refractivity contribution is 0.463.